The van der Waals surface area contributed by atoms with Crippen molar-refractivity contribution < 1.29 is 18.4 Å². The lowest BCUT2D eigenvalue weighted by Gasteiger charge is -2.41. The van der Waals surface area contributed by atoms with E-state index in [1.165, 1.54) is 34.1 Å². The van der Waals surface area contributed by atoms with Crippen LogP contribution in [0.1, 0.15) is 28.4 Å². The topological polar surface area (TPSA) is 52.7 Å². The Labute approximate surface area is 149 Å². The average Bonchev–Trinajstić information content (AvgIpc) is 3.02. The first-order valence-electron chi connectivity index (χ1n) is 8.46. The molecule has 3 amide bonds. The highest BCUT2D eigenvalue weighted by atomic mass is 19.1. The van der Waals surface area contributed by atoms with Crippen LogP contribution < -0.4 is 10.2 Å². The highest BCUT2D eigenvalue weighted by molar-refractivity contribution is 5.99. The summed E-state index contributed by atoms with van der Waals surface area (Å²) in [5.74, 6) is -1.53. The van der Waals surface area contributed by atoms with Gasteiger partial charge in [-0.25, -0.2) is 13.6 Å². The number of hydrogen-bond donors (Lipinski definition) is 1. The predicted octanol–water partition coefficient (Wildman–Crippen LogP) is 3.08. The van der Waals surface area contributed by atoms with E-state index in [2.05, 4.69) is 5.32 Å². The normalized spacial score (nSPS) is 19.3. The van der Waals surface area contributed by atoms with Gasteiger partial charge in [0.1, 0.15) is 11.6 Å². The number of anilines is 1. The van der Waals surface area contributed by atoms with Crippen molar-refractivity contribution in [3.63, 3.8) is 0 Å². The number of rotatable bonds is 3. The molecule has 2 aromatic rings. The highest BCUT2D eigenvalue weighted by Crippen LogP contribution is 2.36. The number of carbonyl (C=O) groups excluding carboxylic acids is 2. The van der Waals surface area contributed by atoms with Crippen LogP contribution in [0.5, 0.6) is 0 Å². The van der Waals surface area contributed by atoms with E-state index in [0.29, 0.717) is 37.3 Å². The Balaban J connectivity index is 1.62. The highest BCUT2D eigenvalue weighted by Gasteiger charge is 2.36. The number of halogens is 2. The minimum atomic E-state index is -0.655. The van der Waals surface area contributed by atoms with Crippen molar-refractivity contribution in [2.24, 2.45) is 0 Å². The summed E-state index contributed by atoms with van der Waals surface area (Å²) in [6.45, 7) is 1.40. The zero-order valence-corrected chi connectivity index (χ0v) is 13.9. The van der Waals surface area contributed by atoms with Crippen LogP contribution >= 0.6 is 0 Å². The van der Waals surface area contributed by atoms with E-state index in [9.17, 15) is 18.4 Å². The van der Waals surface area contributed by atoms with Crippen LogP contribution in [0.15, 0.2) is 42.5 Å². The van der Waals surface area contributed by atoms with Gasteiger partial charge in [0.05, 0.1) is 11.6 Å². The Morgan fingerprint density at radius 2 is 1.88 bits per heavy atom. The Hall–Kier alpha value is -2.96. The smallest absolute Gasteiger partial charge is 0.321 e. The molecular weight excluding hydrogens is 340 g/mol. The summed E-state index contributed by atoms with van der Waals surface area (Å²) in [6, 6.07) is 9.67. The third kappa shape index (κ3) is 2.69. The first-order valence-corrected chi connectivity index (χ1v) is 8.46. The maximum absolute atomic E-state index is 14.3. The van der Waals surface area contributed by atoms with Gasteiger partial charge < -0.3 is 10.2 Å². The van der Waals surface area contributed by atoms with Crippen LogP contribution in [-0.2, 0) is 0 Å². The third-order valence-electron chi connectivity index (χ3n) is 4.89. The molecule has 1 unspecified atom stereocenters. The number of carbonyl (C=O) groups is 2. The van der Waals surface area contributed by atoms with Crippen LogP contribution in [0.2, 0.25) is 0 Å². The maximum atomic E-state index is 14.3. The second kappa shape index (κ2) is 6.40. The molecule has 2 saturated heterocycles. The van der Waals surface area contributed by atoms with Gasteiger partial charge >= 0.3 is 6.03 Å². The lowest BCUT2D eigenvalue weighted by molar-refractivity contribution is 0.0448. The van der Waals surface area contributed by atoms with Crippen LogP contribution in [0.4, 0.5) is 19.3 Å². The van der Waals surface area contributed by atoms with Gasteiger partial charge in [-0.3, -0.25) is 9.69 Å². The second-order valence-corrected chi connectivity index (χ2v) is 6.37. The second-order valence-electron chi connectivity index (χ2n) is 6.37. The summed E-state index contributed by atoms with van der Waals surface area (Å²) in [5, 5.41) is 2.67. The number of urea groups is 1. The molecule has 1 N–H and O–H groups in total. The molecule has 2 fully saturated rings. The van der Waals surface area contributed by atoms with Gasteiger partial charge in [0, 0.05) is 30.9 Å². The van der Waals surface area contributed by atoms with Gasteiger partial charge in [-0.1, -0.05) is 18.2 Å². The van der Waals surface area contributed by atoms with E-state index in [1.54, 1.807) is 18.2 Å². The van der Waals surface area contributed by atoms with Crippen molar-refractivity contribution in [3.05, 3.63) is 65.2 Å². The van der Waals surface area contributed by atoms with E-state index in [1.807, 2.05) is 0 Å². The van der Waals surface area contributed by atoms with Crippen LogP contribution in [0.25, 0.3) is 0 Å². The van der Waals surface area contributed by atoms with Crippen molar-refractivity contribution in [1.82, 2.24) is 10.2 Å². The monoisotopic (exact) mass is 357 g/mol. The molecule has 0 spiro atoms. The van der Waals surface area contributed by atoms with Gasteiger partial charge in [0.25, 0.3) is 5.91 Å². The summed E-state index contributed by atoms with van der Waals surface area (Å²) >= 11 is 0. The molecule has 0 radical (unpaired) electrons. The van der Waals surface area contributed by atoms with Gasteiger partial charge in [0.2, 0.25) is 0 Å². The fourth-order valence-corrected chi connectivity index (χ4v) is 3.42. The third-order valence-corrected chi connectivity index (χ3v) is 4.89. The van der Waals surface area contributed by atoms with Gasteiger partial charge in [-0.15, -0.1) is 0 Å². The van der Waals surface area contributed by atoms with E-state index >= 15 is 0 Å². The van der Waals surface area contributed by atoms with Crippen LogP contribution in [0, 0.1) is 11.6 Å². The molecule has 134 valence electrons. The number of nitrogens with one attached hydrogen (secondary N) is 1. The molecule has 0 aliphatic carbocycles. The Kier molecular flexibility index (Phi) is 4.06. The quantitative estimate of drug-likeness (QED) is 0.918. The fourth-order valence-electron chi connectivity index (χ4n) is 3.42. The Morgan fingerprint density at radius 3 is 2.54 bits per heavy atom. The van der Waals surface area contributed by atoms with Crippen molar-refractivity contribution >= 4 is 17.6 Å². The molecule has 0 bridgehead atoms. The SMILES string of the molecule is O=C1NCCN1c1ccc(F)c(C(=O)N2CCC2c2ccccc2F)c1. The number of likely N-dealkylation sites (tertiary alicyclic amines) is 1. The minimum Gasteiger partial charge on any atom is -0.336 e. The molecule has 2 aliphatic heterocycles. The molecule has 7 heteroatoms. The molecule has 2 aliphatic rings. The molecule has 1 atom stereocenters. The Bertz CT molecular complexity index is 887. The van der Waals surface area contributed by atoms with Crippen LogP contribution in [-0.4, -0.2) is 36.5 Å². The van der Waals surface area contributed by atoms with Crippen LogP contribution in [0.3, 0.4) is 0 Å². The van der Waals surface area contributed by atoms with Gasteiger partial charge in [-0.05, 0) is 30.7 Å². The summed E-state index contributed by atoms with van der Waals surface area (Å²) in [4.78, 5) is 27.6. The fraction of sp³-hybridized carbons (Fsp3) is 0.263. The molecule has 2 aromatic carbocycles. The molecule has 5 nitrogen and oxygen atoms in total. The van der Waals surface area contributed by atoms with E-state index in [0.717, 1.165) is 0 Å². The number of nitrogens with zero attached hydrogens (tertiary/aromatic N) is 2. The van der Waals surface area contributed by atoms with Crippen molar-refractivity contribution in [3.8, 4) is 0 Å². The van der Waals surface area contributed by atoms with E-state index in [4.69, 9.17) is 0 Å². The zero-order valence-electron chi connectivity index (χ0n) is 13.9. The predicted molar refractivity (Wildman–Crippen MR) is 91.9 cm³/mol. The Morgan fingerprint density at radius 1 is 1.08 bits per heavy atom. The number of amides is 3. The minimum absolute atomic E-state index is 0.108. The number of benzene rings is 2. The zero-order chi connectivity index (χ0) is 18.3. The molecular formula is C19H17F2N3O2. The lowest BCUT2D eigenvalue weighted by atomic mass is 9.93. The molecule has 26 heavy (non-hydrogen) atoms. The molecule has 4 rings (SSSR count). The first-order chi connectivity index (χ1) is 12.6. The maximum Gasteiger partial charge on any atom is 0.321 e. The van der Waals surface area contributed by atoms with Crippen molar-refractivity contribution in [2.75, 3.05) is 24.5 Å². The standard InChI is InChI=1S/C19H17F2N3O2/c20-15-4-2-1-3-13(15)17-7-9-24(17)18(25)14-11-12(5-6-16(14)21)23-10-8-22-19(23)26/h1-6,11,17H,7-10H2,(H,22,26). The largest absolute Gasteiger partial charge is 0.336 e. The molecule has 0 saturated carbocycles. The van der Waals surface area contributed by atoms with Crippen molar-refractivity contribution in [2.45, 2.75) is 12.5 Å². The molecule has 0 aromatic heterocycles. The van der Waals surface area contributed by atoms with Gasteiger partial charge in [0.15, 0.2) is 0 Å². The van der Waals surface area contributed by atoms with E-state index < -0.39 is 17.8 Å². The lowest BCUT2D eigenvalue weighted by Crippen LogP contribution is -2.45. The van der Waals surface area contributed by atoms with E-state index in [-0.39, 0.29) is 17.4 Å². The summed E-state index contributed by atoms with van der Waals surface area (Å²) in [6.07, 6.45) is 0.627. The summed E-state index contributed by atoms with van der Waals surface area (Å²) < 4.78 is 28.3. The first kappa shape index (κ1) is 16.5. The van der Waals surface area contributed by atoms with Crippen molar-refractivity contribution in [1.29, 1.82) is 0 Å². The molecule has 2 heterocycles. The summed E-state index contributed by atoms with van der Waals surface area (Å²) in [5.41, 5.74) is 0.790. The summed E-state index contributed by atoms with van der Waals surface area (Å²) in [7, 11) is 0. The average molecular weight is 357 g/mol. The number of hydrogen-bond acceptors (Lipinski definition) is 2. The van der Waals surface area contributed by atoms with Gasteiger partial charge in [-0.2, -0.15) is 0 Å².